The Morgan fingerprint density at radius 1 is 0.500 bits per heavy atom. The Morgan fingerprint density at radius 3 is 1.28 bits per heavy atom. The SMILES string of the molecule is CCCCCCC#CCCOC(=O)CCCCCCC(=O)OCCC#CCCCCCC. The van der Waals surface area contributed by atoms with Gasteiger partial charge in [0, 0.05) is 38.5 Å². The van der Waals surface area contributed by atoms with Gasteiger partial charge in [0.25, 0.3) is 0 Å². The standard InChI is InChI=1S/C28H46O4/c1-3-5-7-9-11-13-17-21-25-31-27(29)23-19-15-16-20-24-28(30)32-26-22-18-14-12-10-8-6-4-2/h3-12,15-16,19-26H2,1-2H3. The molecule has 0 saturated carbocycles. The van der Waals surface area contributed by atoms with Crippen LogP contribution in [0.3, 0.4) is 0 Å². The van der Waals surface area contributed by atoms with E-state index in [4.69, 9.17) is 9.47 Å². The molecule has 0 spiro atoms. The van der Waals surface area contributed by atoms with Crippen LogP contribution in [0.4, 0.5) is 0 Å². The van der Waals surface area contributed by atoms with Gasteiger partial charge in [-0.15, -0.1) is 11.8 Å². The molecule has 0 radical (unpaired) electrons. The van der Waals surface area contributed by atoms with Crippen molar-refractivity contribution in [3.8, 4) is 23.7 Å². The highest BCUT2D eigenvalue weighted by molar-refractivity contribution is 5.69. The molecule has 0 aliphatic carbocycles. The van der Waals surface area contributed by atoms with Gasteiger partial charge in [0.15, 0.2) is 0 Å². The summed E-state index contributed by atoms with van der Waals surface area (Å²) in [5, 5.41) is 0. The third kappa shape index (κ3) is 24.3. The Hall–Kier alpha value is -1.94. The monoisotopic (exact) mass is 446 g/mol. The highest BCUT2D eigenvalue weighted by atomic mass is 16.5. The molecular formula is C28H46O4. The van der Waals surface area contributed by atoms with E-state index in [0.717, 1.165) is 51.4 Å². The summed E-state index contributed by atoms with van der Waals surface area (Å²) in [5.41, 5.74) is 0. The maximum atomic E-state index is 11.7. The van der Waals surface area contributed by atoms with Crippen LogP contribution in [0.5, 0.6) is 0 Å². The summed E-state index contributed by atoms with van der Waals surface area (Å²) in [5.74, 6) is 12.1. The van der Waals surface area contributed by atoms with Crippen molar-refractivity contribution in [2.24, 2.45) is 0 Å². The van der Waals surface area contributed by atoms with Crippen LogP contribution in [0, 0.1) is 23.7 Å². The molecule has 0 aliphatic rings. The van der Waals surface area contributed by atoms with Gasteiger partial charge in [-0.2, -0.15) is 0 Å². The van der Waals surface area contributed by atoms with Crippen molar-refractivity contribution < 1.29 is 19.1 Å². The zero-order valence-electron chi connectivity index (χ0n) is 20.8. The van der Waals surface area contributed by atoms with Crippen molar-refractivity contribution >= 4 is 11.9 Å². The average molecular weight is 447 g/mol. The first kappa shape index (κ1) is 30.1. The molecule has 0 atom stereocenters. The maximum Gasteiger partial charge on any atom is 0.305 e. The molecule has 0 rings (SSSR count). The summed E-state index contributed by atoms with van der Waals surface area (Å²) in [4.78, 5) is 23.4. The van der Waals surface area contributed by atoms with Gasteiger partial charge in [0.2, 0.25) is 0 Å². The number of carbonyl (C=O) groups excluding carboxylic acids is 2. The molecule has 0 heterocycles. The summed E-state index contributed by atoms with van der Waals surface area (Å²) in [7, 11) is 0. The minimum atomic E-state index is -0.152. The zero-order valence-corrected chi connectivity index (χ0v) is 20.8. The first-order valence-corrected chi connectivity index (χ1v) is 12.9. The van der Waals surface area contributed by atoms with E-state index in [0.29, 0.717) is 38.9 Å². The summed E-state index contributed by atoms with van der Waals surface area (Å²) in [6, 6.07) is 0. The van der Waals surface area contributed by atoms with Crippen molar-refractivity contribution in [2.75, 3.05) is 13.2 Å². The number of ether oxygens (including phenoxy) is 2. The summed E-state index contributed by atoms with van der Waals surface area (Å²) in [6.07, 6.45) is 17.3. The fourth-order valence-corrected chi connectivity index (χ4v) is 3.10. The molecule has 0 aromatic carbocycles. The predicted octanol–water partition coefficient (Wildman–Crippen LogP) is 7.14. The molecule has 0 N–H and O–H groups in total. The van der Waals surface area contributed by atoms with Gasteiger partial charge in [-0.25, -0.2) is 0 Å². The number of esters is 2. The van der Waals surface area contributed by atoms with Crippen molar-refractivity contribution in [1.29, 1.82) is 0 Å². The van der Waals surface area contributed by atoms with E-state index in [1.165, 1.54) is 38.5 Å². The van der Waals surface area contributed by atoms with Crippen molar-refractivity contribution in [1.82, 2.24) is 0 Å². The van der Waals surface area contributed by atoms with Crippen molar-refractivity contribution in [3.05, 3.63) is 0 Å². The van der Waals surface area contributed by atoms with Gasteiger partial charge < -0.3 is 9.47 Å². The molecule has 0 unspecified atom stereocenters. The molecule has 0 fully saturated rings. The third-order valence-electron chi connectivity index (χ3n) is 5.05. The molecule has 182 valence electrons. The number of unbranched alkanes of at least 4 members (excludes halogenated alkanes) is 11. The number of hydrogen-bond acceptors (Lipinski definition) is 4. The molecule has 4 nitrogen and oxygen atoms in total. The predicted molar refractivity (Wildman–Crippen MR) is 132 cm³/mol. The lowest BCUT2D eigenvalue weighted by molar-refractivity contribution is -0.144. The largest absolute Gasteiger partial charge is 0.465 e. The van der Waals surface area contributed by atoms with Crippen LogP contribution in [-0.4, -0.2) is 25.2 Å². The Bertz CT molecular complexity index is 522. The fraction of sp³-hybridized carbons (Fsp3) is 0.786. The molecule has 0 aromatic rings. The van der Waals surface area contributed by atoms with Crippen molar-refractivity contribution in [2.45, 2.75) is 129 Å². The maximum absolute atomic E-state index is 11.7. The summed E-state index contributed by atoms with van der Waals surface area (Å²) in [6.45, 7) is 5.17. The van der Waals surface area contributed by atoms with E-state index in [1.54, 1.807) is 0 Å². The fourth-order valence-electron chi connectivity index (χ4n) is 3.10. The first-order chi connectivity index (χ1) is 15.7. The molecule has 0 saturated heterocycles. The second-order valence-electron chi connectivity index (χ2n) is 8.18. The molecule has 0 aliphatic heterocycles. The van der Waals surface area contributed by atoms with Crippen molar-refractivity contribution in [3.63, 3.8) is 0 Å². The number of rotatable bonds is 19. The van der Waals surface area contributed by atoms with Crippen LogP contribution in [0.25, 0.3) is 0 Å². The lowest BCUT2D eigenvalue weighted by Gasteiger charge is -2.04. The highest BCUT2D eigenvalue weighted by Gasteiger charge is 2.04. The van der Waals surface area contributed by atoms with Crippen LogP contribution < -0.4 is 0 Å². The zero-order chi connectivity index (χ0) is 23.5. The van der Waals surface area contributed by atoms with Crippen LogP contribution in [-0.2, 0) is 19.1 Å². The molecule has 4 heteroatoms. The van der Waals surface area contributed by atoms with Gasteiger partial charge in [-0.05, 0) is 25.7 Å². The number of carbonyl (C=O) groups is 2. The van der Waals surface area contributed by atoms with E-state index < -0.39 is 0 Å². The second kappa shape index (κ2) is 25.3. The Morgan fingerprint density at radius 2 is 0.875 bits per heavy atom. The van der Waals surface area contributed by atoms with Crippen LogP contribution in [0.1, 0.15) is 129 Å². The molecule has 32 heavy (non-hydrogen) atoms. The highest BCUT2D eigenvalue weighted by Crippen LogP contribution is 2.07. The summed E-state index contributed by atoms with van der Waals surface area (Å²) >= 11 is 0. The van der Waals surface area contributed by atoms with Crippen LogP contribution in [0.15, 0.2) is 0 Å². The average Bonchev–Trinajstić information content (AvgIpc) is 2.79. The molecule has 0 bridgehead atoms. The third-order valence-corrected chi connectivity index (χ3v) is 5.05. The quantitative estimate of drug-likeness (QED) is 0.120. The topological polar surface area (TPSA) is 52.6 Å². The van der Waals surface area contributed by atoms with Gasteiger partial charge >= 0.3 is 11.9 Å². The van der Waals surface area contributed by atoms with E-state index in [1.807, 2.05) is 0 Å². The van der Waals surface area contributed by atoms with Crippen LogP contribution >= 0.6 is 0 Å². The minimum Gasteiger partial charge on any atom is -0.465 e. The second-order valence-corrected chi connectivity index (χ2v) is 8.18. The molecule has 0 amide bonds. The van der Waals surface area contributed by atoms with E-state index in [-0.39, 0.29) is 11.9 Å². The number of hydrogen-bond donors (Lipinski definition) is 0. The van der Waals surface area contributed by atoms with E-state index in [2.05, 4.69) is 37.5 Å². The van der Waals surface area contributed by atoms with Gasteiger partial charge in [0.1, 0.15) is 13.2 Å². The smallest absolute Gasteiger partial charge is 0.305 e. The normalized spacial score (nSPS) is 9.94. The van der Waals surface area contributed by atoms with E-state index >= 15 is 0 Å². The van der Waals surface area contributed by atoms with Gasteiger partial charge in [0.05, 0.1) is 0 Å². The van der Waals surface area contributed by atoms with Gasteiger partial charge in [-0.3, -0.25) is 9.59 Å². The molecular weight excluding hydrogens is 400 g/mol. The lowest BCUT2D eigenvalue weighted by atomic mass is 10.1. The van der Waals surface area contributed by atoms with E-state index in [9.17, 15) is 9.59 Å². The Labute approximate surface area is 197 Å². The lowest BCUT2D eigenvalue weighted by Crippen LogP contribution is -2.06. The van der Waals surface area contributed by atoms with Gasteiger partial charge in [-0.1, -0.05) is 77.1 Å². The Kier molecular flexibility index (Phi) is 23.8. The Balaban J connectivity index is 3.42. The summed E-state index contributed by atoms with van der Waals surface area (Å²) < 4.78 is 10.4. The molecule has 0 aromatic heterocycles. The first-order valence-electron chi connectivity index (χ1n) is 12.9. The minimum absolute atomic E-state index is 0.152. The van der Waals surface area contributed by atoms with Crippen LogP contribution in [0.2, 0.25) is 0 Å².